The minimum absolute atomic E-state index is 0.119. The van der Waals surface area contributed by atoms with E-state index >= 15 is 0 Å². The molecule has 0 radical (unpaired) electrons. The zero-order valence-corrected chi connectivity index (χ0v) is 11.0. The van der Waals surface area contributed by atoms with E-state index in [0.717, 1.165) is 25.9 Å². The van der Waals surface area contributed by atoms with Crippen LogP contribution in [0.3, 0.4) is 0 Å². The minimum atomic E-state index is -3.67. The third-order valence-electron chi connectivity index (χ3n) is 2.93. The van der Waals surface area contributed by atoms with Crippen molar-refractivity contribution in [3.05, 3.63) is 18.3 Å². The Bertz CT molecular complexity index is 482. The van der Waals surface area contributed by atoms with Crippen molar-refractivity contribution in [2.45, 2.75) is 30.6 Å². The molecule has 0 bridgehead atoms. The van der Waals surface area contributed by atoms with Gasteiger partial charge in [0.05, 0.1) is 4.90 Å². The summed E-state index contributed by atoms with van der Waals surface area (Å²) in [6, 6.07) is 2.97. The average molecular weight is 275 g/mol. The van der Waals surface area contributed by atoms with Crippen LogP contribution >= 0.6 is 10.7 Å². The molecule has 1 aliphatic heterocycles. The van der Waals surface area contributed by atoms with E-state index < -0.39 is 9.05 Å². The first-order valence-corrected chi connectivity index (χ1v) is 8.04. The van der Waals surface area contributed by atoms with Crippen LogP contribution in [0.15, 0.2) is 23.2 Å². The molecule has 2 rings (SSSR count). The lowest BCUT2D eigenvalue weighted by Crippen LogP contribution is -2.24. The van der Waals surface area contributed by atoms with E-state index in [1.54, 1.807) is 6.07 Å². The number of aromatic nitrogens is 1. The molecule has 0 N–H and O–H groups in total. The molecule has 4 nitrogen and oxygen atoms in total. The molecule has 0 aliphatic carbocycles. The van der Waals surface area contributed by atoms with Crippen molar-refractivity contribution < 1.29 is 8.42 Å². The number of rotatable bonds is 2. The molecule has 0 atom stereocenters. The minimum Gasteiger partial charge on any atom is -0.357 e. The van der Waals surface area contributed by atoms with Crippen LogP contribution in [-0.4, -0.2) is 26.5 Å². The van der Waals surface area contributed by atoms with Crippen molar-refractivity contribution in [3.63, 3.8) is 0 Å². The Hall–Kier alpha value is -0.810. The second-order valence-corrected chi connectivity index (χ2v) is 6.75. The van der Waals surface area contributed by atoms with Gasteiger partial charge in [0.1, 0.15) is 5.82 Å². The first kappa shape index (κ1) is 12.6. The summed E-state index contributed by atoms with van der Waals surface area (Å²) in [7, 11) is 1.66. The molecule has 1 saturated heterocycles. The van der Waals surface area contributed by atoms with Crippen LogP contribution in [-0.2, 0) is 9.05 Å². The van der Waals surface area contributed by atoms with Crippen molar-refractivity contribution in [3.8, 4) is 0 Å². The molecule has 0 amide bonds. The predicted octanol–water partition coefficient (Wildman–Crippen LogP) is 2.39. The van der Waals surface area contributed by atoms with Gasteiger partial charge in [0, 0.05) is 36.0 Å². The summed E-state index contributed by atoms with van der Waals surface area (Å²) in [5.41, 5.74) is 0. The van der Waals surface area contributed by atoms with Gasteiger partial charge in [-0.25, -0.2) is 13.4 Å². The Morgan fingerprint density at radius 1 is 1.18 bits per heavy atom. The zero-order valence-electron chi connectivity index (χ0n) is 9.47. The molecular formula is C11H15ClN2O2S. The van der Waals surface area contributed by atoms with Crippen molar-refractivity contribution in [2.75, 3.05) is 18.0 Å². The average Bonchev–Trinajstić information content (AvgIpc) is 2.56. The van der Waals surface area contributed by atoms with E-state index in [0.29, 0.717) is 5.82 Å². The normalized spacial score (nSPS) is 17.8. The molecule has 6 heteroatoms. The lowest BCUT2D eigenvalue weighted by atomic mass is 10.2. The Kier molecular flexibility index (Phi) is 3.89. The summed E-state index contributed by atoms with van der Waals surface area (Å²) in [6.07, 6.45) is 6.20. The highest BCUT2D eigenvalue weighted by Gasteiger charge is 2.15. The maximum atomic E-state index is 11.3. The number of anilines is 1. The van der Waals surface area contributed by atoms with Crippen LogP contribution in [0, 0.1) is 0 Å². The maximum Gasteiger partial charge on any atom is 0.261 e. The van der Waals surface area contributed by atoms with Crippen molar-refractivity contribution in [1.82, 2.24) is 4.98 Å². The van der Waals surface area contributed by atoms with Gasteiger partial charge in [-0.2, -0.15) is 0 Å². The first-order valence-electron chi connectivity index (χ1n) is 5.73. The van der Waals surface area contributed by atoms with Crippen molar-refractivity contribution in [2.24, 2.45) is 0 Å². The molecule has 17 heavy (non-hydrogen) atoms. The number of halogens is 1. The van der Waals surface area contributed by atoms with Crippen molar-refractivity contribution >= 4 is 25.6 Å². The molecule has 1 aliphatic rings. The van der Waals surface area contributed by atoms with Gasteiger partial charge in [0.15, 0.2) is 0 Å². The van der Waals surface area contributed by atoms with Gasteiger partial charge in [-0.15, -0.1) is 0 Å². The molecule has 1 aromatic heterocycles. The molecule has 0 aromatic carbocycles. The Morgan fingerprint density at radius 3 is 2.41 bits per heavy atom. The molecule has 0 spiro atoms. The Balaban J connectivity index is 2.26. The number of hydrogen-bond acceptors (Lipinski definition) is 4. The van der Waals surface area contributed by atoms with Gasteiger partial charge in [-0.05, 0) is 18.9 Å². The van der Waals surface area contributed by atoms with Crippen LogP contribution < -0.4 is 4.90 Å². The fraction of sp³-hybridized carbons (Fsp3) is 0.545. The SMILES string of the molecule is O=S(=O)(Cl)c1ccnc(N2CCCCCC2)c1. The van der Waals surface area contributed by atoms with Gasteiger partial charge in [0.2, 0.25) is 0 Å². The molecule has 1 fully saturated rings. The number of nitrogens with zero attached hydrogens (tertiary/aromatic N) is 2. The second-order valence-electron chi connectivity index (χ2n) is 4.19. The topological polar surface area (TPSA) is 50.3 Å². The fourth-order valence-electron chi connectivity index (χ4n) is 2.02. The Morgan fingerprint density at radius 2 is 1.82 bits per heavy atom. The third-order valence-corrected chi connectivity index (χ3v) is 4.28. The summed E-state index contributed by atoms with van der Waals surface area (Å²) in [6.45, 7) is 1.86. The maximum absolute atomic E-state index is 11.3. The summed E-state index contributed by atoms with van der Waals surface area (Å²) >= 11 is 0. The number of pyridine rings is 1. The van der Waals surface area contributed by atoms with Crippen LogP contribution in [0.1, 0.15) is 25.7 Å². The molecule has 2 heterocycles. The highest BCUT2D eigenvalue weighted by atomic mass is 35.7. The highest BCUT2D eigenvalue weighted by molar-refractivity contribution is 8.13. The van der Waals surface area contributed by atoms with E-state index in [1.165, 1.54) is 25.1 Å². The molecule has 0 saturated carbocycles. The van der Waals surface area contributed by atoms with Crippen LogP contribution in [0.2, 0.25) is 0 Å². The number of hydrogen-bond donors (Lipinski definition) is 0. The van der Waals surface area contributed by atoms with Crippen LogP contribution in [0.25, 0.3) is 0 Å². The van der Waals surface area contributed by atoms with Crippen molar-refractivity contribution in [1.29, 1.82) is 0 Å². The van der Waals surface area contributed by atoms with Gasteiger partial charge in [-0.3, -0.25) is 0 Å². The standard InChI is InChI=1S/C11H15ClN2O2S/c12-17(15,16)10-5-6-13-11(9-10)14-7-3-1-2-4-8-14/h5-6,9H,1-4,7-8H2. The lowest BCUT2D eigenvalue weighted by molar-refractivity contribution is 0.609. The van der Waals surface area contributed by atoms with E-state index in [-0.39, 0.29) is 4.90 Å². The highest BCUT2D eigenvalue weighted by Crippen LogP contribution is 2.22. The lowest BCUT2D eigenvalue weighted by Gasteiger charge is -2.21. The molecule has 1 aromatic rings. The predicted molar refractivity (Wildman–Crippen MR) is 68.0 cm³/mol. The summed E-state index contributed by atoms with van der Waals surface area (Å²) in [4.78, 5) is 6.46. The monoisotopic (exact) mass is 274 g/mol. The van der Waals surface area contributed by atoms with E-state index in [1.807, 2.05) is 0 Å². The van der Waals surface area contributed by atoms with Crippen LogP contribution in [0.5, 0.6) is 0 Å². The quantitative estimate of drug-likeness (QED) is 0.777. The smallest absolute Gasteiger partial charge is 0.261 e. The largest absolute Gasteiger partial charge is 0.357 e. The molecule has 94 valence electrons. The second kappa shape index (κ2) is 5.23. The molecule has 0 unspecified atom stereocenters. The van der Waals surface area contributed by atoms with E-state index in [2.05, 4.69) is 9.88 Å². The fourth-order valence-corrected chi connectivity index (χ4v) is 2.78. The zero-order chi connectivity index (χ0) is 12.3. The van der Waals surface area contributed by atoms with Crippen LogP contribution in [0.4, 0.5) is 5.82 Å². The van der Waals surface area contributed by atoms with E-state index in [4.69, 9.17) is 10.7 Å². The van der Waals surface area contributed by atoms with Gasteiger partial charge < -0.3 is 4.90 Å². The van der Waals surface area contributed by atoms with Gasteiger partial charge >= 0.3 is 0 Å². The first-order chi connectivity index (χ1) is 8.07. The third kappa shape index (κ3) is 3.33. The Labute approximate surface area is 106 Å². The molecular weight excluding hydrogens is 260 g/mol. The summed E-state index contributed by atoms with van der Waals surface area (Å²) in [5, 5.41) is 0. The summed E-state index contributed by atoms with van der Waals surface area (Å²) in [5.74, 6) is 0.702. The van der Waals surface area contributed by atoms with E-state index in [9.17, 15) is 8.42 Å². The summed E-state index contributed by atoms with van der Waals surface area (Å²) < 4.78 is 22.5. The van der Waals surface area contributed by atoms with Gasteiger partial charge in [0.25, 0.3) is 9.05 Å². The van der Waals surface area contributed by atoms with Gasteiger partial charge in [-0.1, -0.05) is 12.8 Å².